The third kappa shape index (κ3) is 5.23. The van der Waals surface area contributed by atoms with E-state index in [9.17, 15) is 0 Å². The van der Waals surface area contributed by atoms with E-state index in [1.165, 1.54) is 14.7 Å². The molecule has 0 amide bonds. The first-order valence-electron chi connectivity index (χ1n) is 7.03. The molecule has 1 N–H and O–H groups in total. The normalized spacial score (nSPS) is 12.4. The molecule has 2 rings (SSSR count). The summed E-state index contributed by atoms with van der Waals surface area (Å²) in [4.78, 5) is 0. The highest BCUT2D eigenvalue weighted by Gasteiger charge is 2.13. The van der Waals surface area contributed by atoms with Crippen LogP contribution < -0.4 is 5.32 Å². The second kappa shape index (κ2) is 8.51. The number of hydrogen-bond acceptors (Lipinski definition) is 1. The molecule has 0 heterocycles. The molecule has 2 aromatic carbocycles. The zero-order valence-corrected chi connectivity index (χ0v) is 16.4. The lowest BCUT2D eigenvalue weighted by atomic mass is 9.99. The fraction of sp³-hybridized carbons (Fsp3) is 0.294. The maximum Gasteiger partial charge on any atom is 0.0548 e. The molecule has 0 fully saturated rings. The van der Waals surface area contributed by atoms with Crippen LogP contribution in [0.1, 0.15) is 30.5 Å². The van der Waals surface area contributed by atoms with E-state index in [4.69, 9.17) is 11.6 Å². The minimum atomic E-state index is 0.304. The Balaban J connectivity index is 2.20. The summed E-state index contributed by atoms with van der Waals surface area (Å²) in [7, 11) is 0. The Morgan fingerprint density at radius 1 is 1.19 bits per heavy atom. The van der Waals surface area contributed by atoms with Gasteiger partial charge in [0, 0.05) is 14.1 Å². The van der Waals surface area contributed by atoms with Gasteiger partial charge in [-0.15, -0.1) is 0 Å². The van der Waals surface area contributed by atoms with Crippen molar-refractivity contribution in [3.05, 3.63) is 66.7 Å². The van der Waals surface area contributed by atoms with Gasteiger partial charge < -0.3 is 5.32 Å². The van der Waals surface area contributed by atoms with Crippen LogP contribution in [-0.2, 0) is 6.42 Å². The van der Waals surface area contributed by atoms with Gasteiger partial charge in [-0.05, 0) is 93.3 Å². The number of halogens is 3. The molecule has 0 aliphatic rings. The first-order chi connectivity index (χ1) is 10.1. The summed E-state index contributed by atoms with van der Waals surface area (Å²) in [6.45, 7) is 3.20. The van der Waals surface area contributed by atoms with Gasteiger partial charge in [0.15, 0.2) is 0 Å². The van der Waals surface area contributed by atoms with Gasteiger partial charge in [0.1, 0.15) is 0 Å². The average molecular weight is 479 g/mol. The van der Waals surface area contributed by atoms with Gasteiger partial charge >= 0.3 is 0 Å². The molecule has 0 aliphatic heterocycles. The van der Waals surface area contributed by atoms with E-state index < -0.39 is 0 Å². The molecule has 21 heavy (non-hydrogen) atoms. The van der Waals surface area contributed by atoms with Gasteiger partial charge in [0.05, 0.1) is 5.02 Å². The lowest BCUT2D eigenvalue weighted by Gasteiger charge is -2.20. The van der Waals surface area contributed by atoms with Crippen LogP contribution in [0, 0.1) is 3.57 Å². The van der Waals surface area contributed by atoms with Crippen molar-refractivity contribution in [2.75, 3.05) is 6.54 Å². The predicted octanol–water partition coefficient (Wildman–Crippen LogP) is 5.99. The maximum absolute atomic E-state index is 6.10. The van der Waals surface area contributed by atoms with Gasteiger partial charge in [-0.3, -0.25) is 0 Å². The second-order valence-electron chi connectivity index (χ2n) is 5.01. The number of benzene rings is 2. The monoisotopic (exact) mass is 477 g/mol. The zero-order valence-electron chi connectivity index (χ0n) is 11.9. The molecule has 0 saturated heterocycles. The summed E-state index contributed by atoms with van der Waals surface area (Å²) >= 11 is 12.0. The van der Waals surface area contributed by atoms with Crippen molar-refractivity contribution < 1.29 is 0 Å². The van der Waals surface area contributed by atoms with Crippen LogP contribution >= 0.6 is 50.1 Å². The van der Waals surface area contributed by atoms with E-state index in [2.05, 4.69) is 87.2 Å². The van der Waals surface area contributed by atoms with E-state index in [1.54, 1.807) is 0 Å². The lowest BCUT2D eigenvalue weighted by Crippen LogP contribution is -2.24. The minimum Gasteiger partial charge on any atom is -0.310 e. The Kier molecular flexibility index (Phi) is 6.99. The van der Waals surface area contributed by atoms with Crippen LogP contribution in [0.3, 0.4) is 0 Å². The van der Waals surface area contributed by atoms with Crippen LogP contribution in [0.5, 0.6) is 0 Å². The van der Waals surface area contributed by atoms with E-state index >= 15 is 0 Å². The quantitative estimate of drug-likeness (QED) is 0.503. The second-order valence-corrected chi connectivity index (χ2v) is 7.52. The molecule has 2 aromatic rings. The summed E-state index contributed by atoms with van der Waals surface area (Å²) in [6, 6.07) is 15.2. The third-order valence-corrected chi connectivity index (χ3v) is 5.27. The molecule has 0 bridgehead atoms. The standard InChI is InChI=1S/C17H18BrClIN/c1-2-9-21-17(10-12-3-6-14(20)7-4-12)13-5-8-16(19)15(18)11-13/h3-8,11,17,21H,2,9-10H2,1H3. The number of nitrogens with one attached hydrogen (secondary N) is 1. The van der Waals surface area contributed by atoms with Crippen molar-refractivity contribution in [1.82, 2.24) is 5.32 Å². The largest absolute Gasteiger partial charge is 0.310 e. The van der Waals surface area contributed by atoms with Crippen LogP contribution in [0.15, 0.2) is 46.9 Å². The smallest absolute Gasteiger partial charge is 0.0548 e. The fourth-order valence-electron chi connectivity index (χ4n) is 2.21. The lowest BCUT2D eigenvalue weighted by molar-refractivity contribution is 0.529. The van der Waals surface area contributed by atoms with E-state index in [1.807, 2.05) is 6.07 Å². The number of rotatable bonds is 6. The highest BCUT2D eigenvalue weighted by atomic mass is 127. The SMILES string of the molecule is CCCNC(Cc1ccc(I)cc1)c1ccc(Cl)c(Br)c1. The maximum atomic E-state index is 6.10. The molecule has 112 valence electrons. The first kappa shape index (κ1) is 17.3. The number of hydrogen-bond donors (Lipinski definition) is 1. The first-order valence-corrected chi connectivity index (χ1v) is 9.28. The van der Waals surface area contributed by atoms with Crippen LogP contribution in [-0.4, -0.2) is 6.54 Å². The van der Waals surface area contributed by atoms with Crippen LogP contribution in [0.4, 0.5) is 0 Å². The Bertz CT molecular complexity index is 586. The average Bonchev–Trinajstić information content (AvgIpc) is 2.48. The summed E-state index contributed by atoms with van der Waals surface area (Å²) in [5, 5.41) is 4.38. The highest BCUT2D eigenvalue weighted by Crippen LogP contribution is 2.27. The highest BCUT2D eigenvalue weighted by molar-refractivity contribution is 14.1. The topological polar surface area (TPSA) is 12.0 Å². The molecule has 4 heteroatoms. The van der Waals surface area contributed by atoms with Crippen LogP contribution in [0.25, 0.3) is 0 Å². The van der Waals surface area contributed by atoms with Crippen molar-refractivity contribution in [2.45, 2.75) is 25.8 Å². The molecule has 0 aromatic heterocycles. The summed E-state index contributed by atoms with van der Waals surface area (Å²) < 4.78 is 2.22. The van der Waals surface area contributed by atoms with Crippen molar-refractivity contribution in [3.63, 3.8) is 0 Å². The predicted molar refractivity (Wildman–Crippen MR) is 103 cm³/mol. The van der Waals surface area contributed by atoms with E-state index in [0.29, 0.717) is 6.04 Å². The van der Waals surface area contributed by atoms with Gasteiger partial charge in [0.2, 0.25) is 0 Å². The zero-order chi connectivity index (χ0) is 15.2. The third-order valence-electron chi connectivity index (χ3n) is 3.34. The van der Waals surface area contributed by atoms with Gasteiger partial charge in [0.25, 0.3) is 0 Å². The molecule has 0 aliphatic carbocycles. The van der Waals surface area contributed by atoms with Crippen molar-refractivity contribution in [1.29, 1.82) is 0 Å². The van der Waals surface area contributed by atoms with Crippen molar-refractivity contribution in [3.8, 4) is 0 Å². The van der Waals surface area contributed by atoms with E-state index in [-0.39, 0.29) is 0 Å². The summed E-state index contributed by atoms with van der Waals surface area (Å²) in [5.74, 6) is 0. The van der Waals surface area contributed by atoms with Gasteiger partial charge in [-0.1, -0.05) is 36.7 Å². The fourth-order valence-corrected chi connectivity index (χ4v) is 3.09. The Morgan fingerprint density at radius 3 is 2.52 bits per heavy atom. The molecule has 1 atom stereocenters. The molecule has 0 radical (unpaired) electrons. The van der Waals surface area contributed by atoms with Crippen molar-refractivity contribution in [2.24, 2.45) is 0 Å². The molecular formula is C17H18BrClIN. The minimum absolute atomic E-state index is 0.304. The summed E-state index contributed by atoms with van der Waals surface area (Å²) in [5.41, 5.74) is 2.60. The summed E-state index contributed by atoms with van der Waals surface area (Å²) in [6.07, 6.45) is 2.10. The van der Waals surface area contributed by atoms with Gasteiger partial charge in [-0.2, -0.15) is 0 Å². The molecule has 1 nitrogen and oxygen atoms in total. The van der Waals surface area contributed by atoms with Gasteiger partial charge in [-0.25, -0.2) is 0 Å². The molecule has 1 unspecified atom stereocenters. The molecular weight excluding hydrogens is 460 g/mol. The Morgan fingerprint density at radius 2 is 1.90 bits per heavy atom. The Hall–Kier alpha value is -0.100. The van der Waals surface area contributed by atoms with Crippen molar-refractivity contribution >= 4 is 50.1 Å². The van der Waals surface area contributed by atoms with Crippen LogP contribution in [0.2, 0.25) is 5.02 Å². The Labute approximate surface area is 153 Å². The van der Waals surface area contributed by atoms with E-state index in [0.717, 1.165) is 28.9 Å². The molecule has 0 spiro atoms. The molecule has 0 saturated carbocycles.